The molecule has 0 aliphatic heterocycles. The molecule has 2 aromatic rings. The van der Waals surface area contributed by atoms with E-state index in [0.29, 0.717) is 17.9 Å². The molecule has 2 nitrogen and oxygen atoms in total. The second-order valence-corrected chi connectivity index (χ2v) is 5.02. The van der Waals surface area contributed by atoms with E-state index in [1.807, 2.05) is 13.1 Å². The molecule has 0 saturated heterocycles. The third-order valence-corrected chi connectivity index (χ3v) is 3.54. The minimum Gasteiger partial charge on any atom is -0.316 e. The van der Waals surface area contributed by atoms with Gasteiger partial charge in [0.1, 0.15) is 0 Å². The van der Waals surface area contributed by atoms with Crippen LogP contribution in [0.4, 0.5) is 8.78 Å². The Hall–Kier alpha value is -1.52. The molecule has 0 amide bonds. The van der Waals surface area contributed by atoms with Crippen LogP contribution >= 0.6 is 11.6 Å². The first-order valence-electron chi connectivity index (χ1n) is 6.29. The zero-order valence-electron chi connectivity index (χ0n) is 11.0. The second kappa shape index (κ2) is 6.77. The lowest BCUT2D eigenvalue weighted by molar-refractivity contribution is 0.503. The van der Waals surface area contributed by atoms with Crippen molar-refractivity contribution in [1.29, 1.82) is 0 Å². The van der Waals surface area contributed by atoms with Gasteiger partial charge in [-0.25, -0.2) is 8.78 Å². The second-order valence-electron chi connectivity index (χ2n) is 4.61. The molecule has 0 saturated carbocycles. The van der Waals surface area contributed by atoms with E-state index in [1.165, 1.54) is 6.07 Å². The maximum atomic E-state index is 13.2. The molecule has 1 aromatic heterocycles. The highest BCUT2D eigenvalue weighted by Gasteiger charge is 2.12. The summed E-state index contributed by atoms with van der Waals surface area (Å²) in [6, 6.07) is 5.92. The van der Waals surface area contributed by atoms with Crippen LogP contribution in [0.1, 0.15) is 11.1 Å². The van der Waals surface area contributed by atoms with Crippen LogP contribution in [0.25, 0.3) is 0 Å². The van der Waals surface area contributed by atoms with Crippen molar-refractivity contribution in [3.05, 3.63) is 64.4 Å². The zero-order valence-corrected chi connectivity index (χ0v) is 11.8. The summed E-state index contributed by atoms with van der Waals surface area (Å²) in [5, 5.41) is 3.77. The predicted molar refractivity (Wildman–Crippen MR) is 75.9 cm³/mol. The van der Waals surface area contributed by atoms with Crippen LogP contribution < -0.4 is 5.32 Å². The Morgan fingerprint density at radius 3 is 2.65 bits per heavy atom. The molecule has 2 rings (SSSR count). The molecule has 5 heteroatoms. The molecular weight excluding hydrogens is 282 g/mol. The molecule has 0 bridgehead atoms. The Morgan fingerprint density at radius 2 is 2.00 bits per heavy atom. The number of hydrogen-bond acceptors (Lipinski definition) is 2. The Bertz CT molecular complexity index is 590. The minimum absolute atomic E-state index is 0.0831. The monoisotopic (exact) mass is 296 g/mol. The van der Waals surface area contributed by atoms with E-state index in [4.69, 9.17) is 11.6 Å². The van der Waals surface area contributed by atoms with Crippen molar-refractivity contribution in [3.63, 3.8) is 0 Å². The van der Waals surface area contributed by atoms with Gasteiger partial charge in [0.15, 0.2) is 11.6 Å². The lowest BCUT2D eigenvalue weighted by Gasteiger charge is -2.17. The summed E-state index contributed by atoms with van der Waals surface area (Å²) in [6.07, 6.45) is 4.57. The summed E-state index contributed by atoms with van der Waals surface area (Å²) in [4.78, 5) is 3.94. The Labute approximate surface area is 121 Å². The molecule has 0 fully saturated rings. The number of rotatable bonds is 5. The van der Waals surface area contributed by atoms with Gasteiger partial charge >= 0.3 is 0 Å². The van der Waals surface area contributed by atoms with Crippen molar-refractivity contribution in [1.82, 2.24) is 10.3 Å². The fraction of sp³-hybridized carbons (Fsp3) is 0.267. The van der Waals surface area contributed by atoms with Crippen LogP contribution in [0.5, 0.6) is 0 Å². The van der Waals surface area contributed by atoms with Gasteiger partial charge in [0.2, 0.25) is 0 Å². The Balaban J connectivity index is 2.09. The molecule has 0 aliphatic carbocycles. The molecule has 1 heterocycles. The van der Waals surface area contributed by atoms with E-state index in [1.54, 1.807) is 18.5 Å². The van der Waals surface area contributed by atoms with Crippen LogP contribution in [0.15, 0.2) is 36.7 Å². The predicted octanol–water partition coefficient (Wildman–Crippen LogP) is 3.39. The summed E-state index contributed by atoms with van der Waals surface area (Å²) in [5.41, 5.74) is 1.72. The highest BCUT2D eigenvalue weighted by atomic mass is 35.5. The number of nitrogens with one attached hydrogen (secondary N) is 1. The summed E-state index contributed by atoms with van der Waals surface area (Å²) in [5.74, 6) is -1.65. The van der Waals surface area contributed by atoms with E-state index in [-0.39, 0.29) is 6.04 Å². The third-order valence-electron chi connectivity index (χ3n) is 3.20. The third kappa shape index (κ3) is 3.74. The molecule has 1 unspecified atom stereocenters. The largest absolute Gasteiger partial charge is 0.316 e. The minimum atomic E-state index is -0.827. The van der Waals surface area contributed by atoms with Crippen molar-refractivity contribution in [2.45, 2.75) is 18.9 Å². The Kier molecular flexibility index (Phi) is 5.04. The summed E-state index contributed by atoms with van der Waals surface area (Å²) in [6.45, 7) is 0. The maximum Gasteiger partial charge on any atom is 0.159 e. The molecule has 0 aliphatic rings. The molecule has 1 N–H and O–H groups in total. The standard InChI is InChI=1S/C15H15ClF2N2/c1-19-12(8-11-4-5-20-9-13(11)16)6-10-2-3-14(17)15(18)7-10/h2-5,7,9,12,19H,6,8H2,1H3. The van der Waals surface area contributed by atoms with Crippen molar-refractivity contribution in [2.24, 2.45) is 0 Å². The quantitative estimate of drug-likeness (QED) is 0.915. The van der Waals surface area contributed by atoms with E-state index in [9.17, 15) is 8.78 Å². The summed E-state index contributed by atoms with van der Waals surface area (Å²) in [7, 11) is 1.83. The van der Waals surface area contributed by atoms with Crippen LogP contribution in [0, 0.1) is 11.6 Å². The normalized spacial score (nSPS) is 12.4. The first kappa shape index (κ1) is 14.9. The molecular formula is C15H15ClF2N2. The van der Waals surface area contributed by atoms with Gasteiger partial charge in [-0.15, -0.1) is 0 Å². The van der Waals surface area contributed by atoms with Crippen molar-refractivity contribution in [3.8, 4) is 0 Å². The summed E-state index contributed by atoms with van der Waals surface area (Å²) < 4.78 is 26.1. The molecule has 1 atom stereocenters. The van der Waals surface area contributed by atoms with Gasteiger partial charge in [0.25, 0.3) is 0 Å². The number of benzene rings is 1. The number of likely N-dealkylation sites (N-methyl/N-ethyl adjacent to an activating group) is 1. The molecule has 1 aromatic carbocycles. The smallest absolute Gasteiger partial charge is 0.159 e. The number of pyridine rings is 1. The van der Waals surface area contributed by atoms with Gasteiger partial charge in [-0.2, -0.15) is 0 Å². The lowest BCUT2D eigenvalue weighted by Crippen LogP contribution is -2.30. The van der Waals surface area contributed by atoms with Gasteiger partial charge in [0, 0.05) is 18.4 Å². The summed E-state index contributed by atoms with van der Waals surface area (Å²) >= 11 is 6.07. The van der Waals surface area contributed by atoms with E-state index in [0.717, 1.165) is 17.2 Å². The molecule has 20 heavy (non-hydrogen) atoms. The van der Waals surface area contributed by atoms with Gasteiger partial charge in [-0.05, 0) is 49.2 Å². The maximum absolute atomic E-state index is 13.2. The van der Waals surface area contributed by atoms with Crippen LogP contribution in [-0.4, -0.2) is 18.1 Å². The molecule has 106 valence electrons. The molecule has 0 radical (unpaired) electrons. The fourth-order valence-corrected chi connectivity index (χ4v) is 2.26. The highest BCUT2D eigenvalue weighted by molar-refractivity contribution is 6.31. The van der Waals surface area contributed by atoms with Crippen LogP contribution in [-0.2, 0) is 12.8 Å². The lowest BCUT2D eigenvalue weighted by atomic mass is 9.99. The van der Waals surface area contributed by atoms with Crippen LogP contribution in [0.3, 0.4) is 0 Å². The van der Waals surface area contributed by atoms with Crippen LogP contribution in [0.2, 0.25) is 5.02 Å². The topological polar surface area (TPSA) is 24.9 Å². The van der Waals surface area contributed by atoms with E-state index >= 15 is 0 Å². The highest BCUT2D eigenvalue weighted by Crippen LogP contribution is 2.17. The number of halogens is 3. The first-order chi connectivity index (χ1) is 9.60. The SMILES string of the molecule is CNC(Cc1ccc(F)c(F)c1)Cc1ccncc1Cl. The van der Waals surface area contributed by atoms with Gasteiger partial charge < -0.3 is 5.32 Å². The van der Waals surface area contributed by atoms with E-state index in [2.05, 4.69) is 10.3 Å². The fourth-order valence-electron chi connectivity index (χ4n) is 2.06. The zero-order chi connectivity index (χ0) is 14.5. The first-order valence-corrected chi connectivity index (χ1v) is 6.67. The molecule has 0 spiro atoms. The van der Waals surface area contributed by atoms with Crippen molar-refractivity contribution >= 4 is 11.6 Å². The number of hydrogen-bond donors (Lipinski definition) is 1. The van der Waals surface area contributed by atoms with Crippen molar-refractivity contribution in [2.75, 3.05) is 7.05 Å². The number of aromatic nitrogens is 1. The average Bonchev–Trinajstić information content (AvgIpc) is 2.44. The van der Waals surface area contributed by atoms with Gasteiger partial charge in [-0.3, -0.25) is 4.98 Å². The Morgan fingerprint density at radius 1 is 1.20 bits per heavy atom. The van der Waals surface area contributed by atoms with Crippen molar-refractivity contribution < 1.29 is 8.78 Å². The average molecular weight is 297 g/mol. The van der Waals surface area contributed by atoms with E-state index < -0.39 is 11.6 Å². The van der Waals surface area contributed by atoms with Gasteiger partial charge in [-0.1, -0.05) is 17.7 Å². The van der Waals surface area contributed by atoms with Gasteiger partial charge in [0.05, 0.1) is 5.02 Å². The number of nitrogens with zero attached hydrogens (tertiary/aromatic N) is 1.